The molecule has 6 rings (SSSR count). The zero-order valence-electron chi connectivity index (χ0n) is 17.3. The Bertz CT molecular complexity index is 944. The second-order valence-electron chi connectivity index (χ2n) is 9.66. The average Bonchev–Trinajstić information content (AvgIpc) is 3.10. The van der Waals surface area contributed by atoms with Crippen molar-refractivity contribution >= 4 is 17.6 Å². The molecule has 4 aliphatic rings. The molecule has 1 unspecified atom stereocenters. The number of thioether (sulfide) groups is 1. The quantitative estimate of drug-likeness (QED) is 0.607. The molecule has 2 fully saturated rings. The van der Waals surface area contributed by atoms with Gasteiger partial charge in [0.05, 0.1) is 5.69 Å². The average molecular weight is 407 g/mol. The second-order valence-corrected chi connectivity index (χ2v) is 10.4. The van der Waals surface area contributed by atoms with E-state index in [0.29, 0.717) is 10.8 Å². The van der Waals surface area contributed by atoms with Crippen LogP contribution in [0.3, 0.4) is 0 Å². The van der Waals surface area contributed by atoms with Gasteiger partial charge in [-0.3, -0.25) is 0 Å². The summed E-state index contributed by atoms with van der Waals surface area (Å²) < 4.78 is 0. The number of aromatic nitrogens is 2. The molecule has 0 bridgehead atoms. The largest absolute Gasteiger partial charge is 0.356 e. The molecule has 29 heavy (non-hydrogen) atoms. The first-order chi connectivity index (χ1) is 14.2. The Morgan fingerprint density at radius 1 is 1.00 bits per heavy atom. The van der Waals surface area contributed by atoms with Crippen molar-refractivity contribution < 1.29 is 0 Å². The summed E-state index contributed by atoms with van der Waals surface area (Å²) in [4.78, 5) is 12.7. The van der Waals surface area contributed by atoms with Gasteiger partial charge in [0.1, 0.15) is 5.82 Å². The Kier molecular flexibility index (Phi) is 4.21. The van der Waals surface area contributed by atoms with Crippen LogP contribution in [-0.2, 0) is 24.7 Å². The lowest BCUT2D eigenvalue weighted by molar-refractivity contribution is 0.126. The third-order valence-corrected chi connectivity index (χ3v) is 8.73. The maximum Gasteiger partial charge on any atom is 0.189 e. The van der Waals surface area contributed by atoms with E-state index >= 15 is 0 Å². The van der Waals surface area contributed by atoms with Crippen molar-refractivity contribution in [3.05, 3.63) is 46.6 Å². The molecule has 2 aliphatic heterocycles. The van der Waals surface area contributed by atoms with Gasteiger partial charge in [0, 0.05) is 37.2 Å². The molecule has 0 radical (unpaired) electrons. The van der Waals surface area contributed by atoms with Crippen molar-refractivity contribution in [2.45, 2.75) is 55.5 Å². The fourth-order valence-corrected chi connectivity index (χ4v) is 6.64. The van der Waals surface area contributed by atoms with Gasteiger partial charge in [-0.15, -0.1) is 0 Å². The smallest absolute Gasteiger partial charge is 0.189 e. The summed E-state index contributed by atoms with van der Waals surface area (Å²) in [6, 6.07) is 9.12. The number of anilines is 1. The van der Waals surface area contributed by atoms with Gasteiger partial charge in [0.2, 0.25) is 0 Å². The minimum Gasteiger partial charge on any atom is -0.356 e. The van der Waals surface area contributed by atoms with E-state index in [1.165, 1.54) is 62.3 Å². The molecule has 2 aromatic rings. The molecule has 0 amide bonds. The van der Waals surface area contributed by atoms with Gasteiger partial charge >= 0.3 is 0 Å². The lowest BCUT2D eigenvalue weighted by Gasteiger charge is -2.49. The number of nitrogens with one attached hydrogen (secondary N) is 1. The number of benzene rings is 1. The number of nitrogens with zero attached hydrogens (tertiary/aromatic N) is 3. The minimum absolute atomic E-state index is 0.300. The van der Waals surface area contributed by atoms with E-state index in [0.717, 1.165) is 31.1 Å². The van der Waals surface area contributed by atoms with Gasteiger partial charge in [-0.1, -0.05) is 36.0 Å². The first-order valence-electron chi connectivity index (χ1n) is 11.2. The summed E-state index contributed by atoms with van der Waals surface area (Å²) in [5.41, 5.74) is 6.80. The van der Waals surface area contributed by atoms with Crippen molar-refractivity contribution in [2.24, 2.45) is 5.41 Å². The molecule has 0 saturated carbocycles. The van der Waals surface area contributed by atoms with E-state index in [9.17, 15) is 0 Å². The third kappa shape index (κ3) is 2.84. The fraction of sp³-hybridized carbons (Fsp3) is 0.583. The lowest BCUT2D eigenvalue weighted by atomic mass is 9.69. The molecule has 3 heterocycles. The van der Waals surface area contributed by atoms with Crippen LogP contribution in [0.5, 0.6) is 0 Å². The molecule has 1 aromatic heterocycles. The Morgan fingerprint density at radius 3 is 2.55 bits per heavy atom. The Balaban J connectivity index is 1.34. The van der Waals surface area contributed by atoms with Gasteiger partial charge in [-0.2, -0.15) is 0 Å². The van der Waals surface area contributed by atoms with Gasteiger partial charge in [-0.05, 0) is 67.7 Å². The molecule has 2 aliphatic carbocycles. The van der Waals surface area contributed by atoms with Crippen molar-refractivity contribution in [3.63, 3.8) is 0 Å². The molecule has 1 aromatic carbocycles. The van der Waals surface area contributed by atoms with Crippen LogP contribution in [0, 0.1) is 5.41 Å². The van der Waals surface area contributed by atoms with Crippen LogP contribution < -0.4 is 10.2 Å². The summed E-state index contributed by atoms with van der Waals surface area (Å²) in [6.07, 6.45) is 10.7. The van der Waals surface area contributed by atoms with Gasteiger partial charge in [0.25, 0.3) is 0 Å². The van der Waals surface area contributed by atoms with Crippen LogP contribution in [-0.4, -0.2) is 42.4 Å². The number of rotatable bonds is 2. The molecule has 2 saturated heterocycles. The van der Waals surface area contributed by atoms with Gasteiger partial charge in [-0.25, -0.2) is 9.97 Å². The van der Waals surface area contributed by atoms with Crippen molar-refractivity contribution in [1.82, 2.24) is 15.3 Å². The number of hydrogen-bond acceptors (Lipinski definition) is 5. The number of piperidine rings is 1. The van der Waals surface area contributed by atoms with E-state index in [-0.39, 0.29) is 0 Å². The van der Waals surface area contributed by atoms with Crippen LogP contribution in [0.25, 0.3) is 0 Å². The van der Waals surface area contributed by atoms with Crippen LogP contribution in [0.4, 0.5) is 5.82 Å². The zero-order chi connectivity index (χ0) is 19.5. The normalized spacial score (nSPS) is 27.0. The highest BCUT2D eigenvalue weighted by Gasteiger charge is 2.44. The molecule has 1 N–H and O–H groups in total. The molecule has 4 nitrogen and oxygen atoms in total. The SMILES string of the molecule is CSc1nc2c(c(N3CCC4(CC3)CNC4)n1)CCC1(CCc3ccccc31)C2. The summed E-state index contributed by atoms with van der Waals surface area (Å²) in [6.45, 7) is 4.71. The van der Waals surface area contributed by atoms with E-state index in [1.54, 1.807) is 22.9 Å². The molecule has 5 heteroatoms. The second kappa shape index (κ2) is 6.71. The molecular formula is C24H30N4S. The van der Waals surface area contributed by atoms with Crippen LogP contribution in [0.1, 0.15) is 48.1 Å². The number of hydrogen-bond donors (Lipinski definition) is 1. The highest BCUT2D eigenvalue weighted by molar-refractivity contribution is 7.98. The van der Waals surface area contributed by atoms with Crippen molar-refractivity contribution in [3.8, 4) is 0 Å². The number of aryl methyl sites for hydroxylation is 1. The van der Waals surface area contributed by atoms with Crippen LogP contribution >= 0.6 is 11.8 Å². The third-order valence-electron chi connectivity index (χ3n) is 8.18. The summed E-state index contributed by atoms with van der Waals surface area (Å²) in [5, 5.41) is 4.43. The van der Waals surface area contributed by atoms with E-state index in [2.05, 4.69) is 40.7 Å². The first-order valence-corrected chi connectivity index (χ1v) is 12.4. The van der Waals surface area contributed by atoms with E-state index in [4.69, 9.17) is 9.97 Å². The predicted molar refractivity (Wildman–Crippen MR) is 119 cm³/mol. The van der Waals surface area contributed by atoms with Crippen molar-refractivity contribution in [1.29, 1.82) is 0 Å². The van der Waals surface area contributed by atoms with Crippen molar-refractivity contribution in [2.75, 3.05) is 37.3 Å². The Morgan fingerprint density at radius 2 is 1.79 bits per heavy atom. The lowest BCUT2D eigenvalue weighted by Crippen LogP contribution is -2.58. The van der Waals surface area contributed by atoms with Gasteiger partial charge < -0.3 is 10.2 Å². The van der Waals surface area contributed by atoms with E-state index < -0.39 is 0 Å². The summed E-state index contributed by atoms with van der Waals surface area (Å²) in [7, 11) is 0. The van der Waals surface area contributed by atoms with Crippen LogP contribution in [0.15, 0.2) is 29.4 Å². The molecular weight excluding hydrogens is 376 g/mol. The summed E-state index contributed by atoms with van der Waals surface area (Å²) >= 11 is 1.69. The number of fused-ring (bicyclic) bond motifs is 3. The standard InChI is InChI=1S/C24H30N4S/c1-29-22-26-20-14-24(8-6-17-4-2-3-5-19(17)24)9-7-18(20)21(27-22)28-12-10-23(11-13-28)15-25-16-23/h2-5,25H,6-16H2,1H3. The monoisotopic (exact) mass is 406 g/mol. The molecule has 1 atom stereocenters. The van der Waals surface area contributed by atoms with Crippen LogP contribution in [0.2, 0.25) is 0 Å². The summed E-state index contributed by atoms with van der Waals surface area (Å²) in [5.74, 6) is 1.25. The van der Waals surface area contributed by atoms with E-state index in [1.807, 2.05) is 0 Å². The van der Waals surface area contributed by atoms with Gasteiger partial charge in [0.15, 0.2) is 5.16 Å². The maximum absolute atomic E-state index is 5.05. The minimum atomic E-state index is 0.300. The first kappa shape index (κ1) is 18.2. The Hall–Kier alpha value is -1.59. The molecule has 152 valence electrons. The fourth-order valence-electron chi connectivity index (χ4n) is 6.26. The highest BCUT2D eigenvalue weighted by atomic mass is 32.2. The maximum atomic E-state index is 5.05. The highest BCUT2D eigenvalue weighted by Crippen LogP contribution is 2.49. The zero-order valence-corrected chi connectivity index (χ0v) is 18.2. The predicted octanol–water partition coefficient (Wildman–Crippen LogP) is 3.76. The topological polar surface area (TPSA) is 41.1 Å². The molecule has 2 spiro atoms. The Labute approximate surface area is 177 Å².